The topological polar surface area (TPSA) is 46.5 Å². The van der Waals surface area contributed by atoms with Crippen LogP contribution in [0.15, 0.2) is 12.7 Å². The Morgan fingerprint density at radius 1 is 1.75 bits per heavy atom. The van der Waals surface area contributed by atoms with Gasteiger partial charge in [0, 0.05) is 12.7 Å². The van der Waals surface area contributed by atoms with Crippen molar-refractivity contribution >= 4 is 5.97 Å². The number of hydrogen-bond donors (Lipinski definition) is 1. The fourth-order valence-electron chi connectivity index (χ4n) is 0.847. The van der Waals surface area contributed by atoms with Gasteiger partial charge in [0.25, 0.3) is 0 Å². The Morgan fingerprint density at radius 2 is 2.42 bits per heavy atom. The molecule has 0 bridgehead atoms. The maximum Gasteiger partial charge on any atom is 0.330 e. The SMILES string of the molecule is C=CC(=O)OCC(CC)CCO. The third-order valence-electron chi connectivity index (χ3n) is 1.74. The summed E-state index contributed by atoms with van der Waals surface area (Å²) in [4.78, 5) is 10.6. The van der Waals surface area contributed by atoms with Gasteiger partial charge in [-0.2, -0.15) is 0 Å². The van der Waals surface area contributed by atoms with E-state index in [0.717, 1.165) is 12.5 Å². The Bertz CT molecular complexity index is 143. The summed E-state index contributed by atoms with van der Waals surface area (Å²) in [6.45, 7) is 5.81. The lowest BCUT2D eigenvalue weighted by Crippen LogP contribution is -2.13. The van der Waals surface area contributed by atoms with E-state index in [4.69, 9.17) is 9.84 Å². The quantitative estimate of drug-likeness (QED) is 0.482. The molecule has 0 saturated carbocycles. The van der Waals surface area contributed by atoms with Gasteiger partial charge in [0.05, 0.1) is 6.61 Å². The first kappa shape index (κ1) is 11.2. The van der Waals surface area contributed by atoms with E-state index >= 15 is 0 Å². The lowest BCUT2D eigenvalue weighted by Gasteiger charge is -2.12. The highest BCUT2D eigenvalue weighted by atomic mass is 16.5. The Labute approximate surface area is 73.0 Å². The van der Waals surface area contributed by atoms with Crippen molar-refractivity contribution in [2.45, 2.75) is 19.8 Å². The molecule has 0 fully saturated rings. The van der Waals surface area contributed by atoms with E-state index in [2.05, 4.69) is 6.58 Å². The van der Waals surface area contributed by atoms with Crippen molar-refractivity contribution in [3.05, 3.63) is 12.7 Å². The van der Waals surface area contributed by atoms with E-state index in [1.165, 1.54) is 0 Å². The minimum Gasteiger partial charge on any atom is -0.462 e. The van der Waals surface area contributed by atoms with Crippen LogP contribution in [0.3, 0.4) is 0 Å². The zero-order valence-electron chi connectivity index (χ0n) is 7.45. The minimum atomic E-state index is -0.397. The maximum atomic E-state index is 10.6. The van der Waals surface area contributed by atoms with Crippen LogP contribution in [0.4, 0.5) is 0 Å². The molecule has 0 aromatic carbocycles. The summed E-state index contributed by atoms with van der Waals surface area (Å²) in [5.74, 6) is -0.134. The van der Waals surface area contributed by atoms with Gasteiger partial charge < -0.3 is 9.84 Å². The summed E-state index contributed by atoms with van der Waals surface area (Å²) < 4.78 is 4.83. The highest BCUT2D eigenvalue weighted by molar-refractivity contribution is 5.81. The number of carbonyl (C=O) groups excluding carboxylic acids is 1. The Balaban J connectivity index is 3.56. The van der Waals surface area contributed by atoms with Crippen LogP contribution in [0.1, 0.15) is 19.8 Å². The first-order valence-corrected chi connectivity index (χ1v) is 4.14. The molecule has 70 valence electrons. The molecule has 12 heavy (non-hydrogen) atoms. The fraction of sp³-hybridized carbons (Fsp3) is 0.667. The normalized spacial score (nSPS) is 12.2. The first-order chi connectivity index (χ1) is 5.74. The molecule has 3 heteroatoms. The van der Waals surface area contributed by atoms with Crippen molar-refractivity contribution in [2.24, 2.45) is 5.92 Å². The second kappa shape index (κ2) is 6.85. The molecule has 0 aromatic rings. The van der Waals surface area contributed by atoms with Gasteiger partial charge in [0.1, 0.15) is 0 Å². The zero-order valence-corrected chi connectivity index (χ0v) is 7.45. The molecule has 0 radical (unpaired) electrons. The largest absolute Gasteiger partial charge is 0.462 e. The smallest absolute Gasteiger partial charge is 0.330 e. The monoisotopic (exact) mass is 172 g/mol. The molecule has 1 atom stereocenters. The lowest BCUT2D eigenvalue weighted by atomic mass is 10.0. The van der Waals surface area contributed by atoms with Crippen LogP contribution < -0.4 is 0 Å². The fourth-order valence-corrected chi connectivity index (χ4v) is 0.847. The van der Waals surface area contributed by atoms with Gasteiger partial charge in [-0.1, -0.05) is 13.5 Å². The second-order valence-electron chi connectivity index (χ2n) is 2.62. The van der Waals surface area contributed by atoms with E-state index in [9.17, 15) is 4.79 Å². The average Bonchev–Trinajstić information content (AvgIpc) is 2.11. The number of esters is 1. The molecule has 0 amide bonds. The summed E-state index contributed by atoms with van der Waals surface area (Å²) in [5, 5.41) is 8.63. The van der Waals surface area contributed by atoms with Crippen molar-refractivity contribution in [3.8, 4) is 0 Å². The summed E-state index contributed by atoms with van der Waals surface area (Å²) in [6, 6.07) is 0. The number of ether oxygens (including phenoxy) is 1. The van der Waals surface area contributed by atoms with Gasteiger partial charge in [-0.05, 0) is 18.8 Å². The van der Waals surface area contributed by atoms with Gasteiger partial charge in [-0.15, -0.1) is 0 Å². The molecule has 0 aromatic heterocycles. The van der Waals surface area contributed by atoms with E-state index in [0.29, 0.717) is 13.0 Å². The van der Waals surface area contributed by atoms with E-state index in [1.54, 1.807) is 0 Å². The Hall–Kier alpha value is -0.830. The van der Waals surface area contributed by atoms with Crippen LogP contribution in [-0.4, -0.2) is 24.3 Å². The predicted molar refractivity (Wildman–Crippen MR) is 46.6 cm³/mol. The van der Waals surface area contributed by atoms with Crippen molar-refractivity contribution in [2.75, 3.05) is 13.2 Å². The predicted octanol–water partition coefficient (Wildman–Crippen LogP) is 1.12. The van der Waals surface area contributed by atoms with Crippen LogP contribution in [-0.2, 0) is 9.53 Å². The molecule has 0 aliphatic carbocycles. The number of aliphatic hydroxyl groups is 1. The second-order valence-corrected chi connectivity index (χ2v) is 2.62. The summed E-state index contributed by atoms with van der Waals surface area (Å²) in [7, 11) is 0. The molecular weight excluding hydrogens is 156 g/mol. The average molecular weight is 172 g/mol. The molecule has 1 unspecified atom stereocenters. The van der Waals surface area contributed by atoms with Gasteiger partial charge in [0.2, 0.25) is 0 Å². The molecule has 1 N–H and O–H groups in total. The Kier molecular flexibility index (Phi) is 6.38. The molecule has 3 nitrogen and oxygen atoms in total. The lowest BCUT2D eigenvalue weighted by molar-refractivity contribution is -0.139. The highest BCUT2D eigenvalue weighted by Crippen LogP contribution is 2.07. The van der Waals surface area contributed by atoms with Gasteiger partial charge in [0.15, 0.2) is 0 Å². The zero-order chi connectivity index (χ0) is 9.40. The van der Waals surface area contributed by atoms with E-state index in [-0.39, 0.29) is 12.5 Å². The van der Waals surface area contributed by atoms with Crippen LogP contribution in [0.2, 0.25) is 0 Å². The third-order valence-corrected chi connectivity index (χ3v) is 1.74. The van der Waals surface area contributed by atoms with Gasteiger partial charge >= 0.3 is 5.97 Å². The van der Waals surface area contributed by atoms with Crippen LogP contribution in [0, 0.1) is 5.92 Å². The molecule has 0 heterocycles. The van der Waals surface area contributed by atoms with Crippen LogP contribution >= 0.6 is 0 Å². The summed E-state index contributed by atoms with van der Waals surface area (Å²) >= 11 is 0. The number of rotatable bonds is 6. The molecule has 0 aliphatic rings. The van der Waals surface area contributed by atoms with Crippen LogP contribution in [0.5, 0.6) is 0 Å². The van der Waals surface area contributed by atoms with Gasteiger partial charge in [-0.25, -0.2) is 4.79 Å². The molecule has 0 aliphatic heterocycles. The van der Waals surface area contributed by atoms with Gasteiger partial charge in [-0.3, -0.25) is 0 Å². The number of aliphatic hydroxyl groups excluding tert-OH is 1. The van der Waals surface area contributed by atoms with E-state index < -0.39 is 5.97 Å². The van der Waals surface area contributed by atoms with Crippen molar-refractivity contribution in [1.29, 1.82) is 0 Å². The van der Waals surface area contributed by atoms with E-state index in [1.807, 2.05) is 6.92 Å². The van der Waals surface area contributed by atoms with Crippen molar-refractivity contribution in [1.82, 2.24) is 0 Å². The third kappa shape index (κ3) is 4.91. The molecule has 0 saturated heterocycles. The number of hydrogen-bond acceptors (Lipinski definition) is 3. The molecule has 0 rings (SSSR count). The number of carbonyl (C=O) groups is 1. The van der Waals surface area contributed by atoms with Crippen molar-refractivity contribution in [3.63, 3.8) is 0 Å². The summed E-state index contributed by atoms with van der Waals surface area (Å²) in [6.07, 6.45) is 2.73. The first-order valence-electron chi connectivity index (χ1n) is 4.14. The standard InChI is InChI=1S/C9H16O3/c1-3-8(5-6-10)7-12-9(11)4-2/h4,8,10H,2-3,5-7H2,1H3. The Morgan fingerprint density at radius 3 is 2.83 bits per heavy atom. The van der Waals surface area contributed by atoms with Crippen molar-refractivity contribution < 1.29 is 14.6 Å². The maximum absolute atomic E-state index is 10.6. The highest BCUT2D eigenvalue weighted by Gasteiger charge is 2.07. The minimum absolute atomic E-state index is 0.143. The molecular formula is C9H16O3. The van der Waals surface area contributed by atoms with Crippen LogP contribution in [0.25, 0.3) is 0 Å². The molecule has 0 spiro atoms. The summed E-state index contributed by atoms with van der Waals surface area (Å²) in [5.41, 5.74) is 0.